The lowest BCUT2D eigenvalue weighted by atomic mass is 9.82. The molecule has 0 radical (unpaired) electrons. The average molecular weight is 230 g/mol. The summed E-state index contributed by atoms with van der Waals surface area (Å²) in [6, 6.07) is 0. The fourth-order valence-corrected chi connectivity index (χ4v) is 1.79. The van der Waals surface area contributed by atoms with Crippen LogP contribution in [-0.4, -0.2) is 28.0 Å². The summed E-state index contributed by atoms with van der Waals surface area (Å²) in [7, 11) is 0. The summed E-state index contributed by atoms with van der Waals surface area (Å²) in [5, 5.41) is 18.2. The quantitative estimate of drug-likeness (QED) is 0.710. The van der Waals surface area contributed by atoms with Crippen LogP contribution in [0.15, 0.2) is 11.0 Å². The zero-order valence-corrected chi connectivity index (χ0v) is 8.79. The van der Waals surface area contributed by atoms with Crippen molar-refractivity contribution in [2.45, 2.75) is 18.9 Å². The summed E-state index contributed by atoms with van der Waals surface area (Å²) in [6.07, 6.45) is 2.94. The fraction of sp³-hybridized carbons (Fsp3) is 0.556. The van der Waals surface area contributed by atoms with Gasteiger partial charge in [-0.05, 0) is 18.8 Å². The van der Waals surface area contributed by atoms with Crippen LogP contribution in [0.25, 0.3) is 0 Å². The van der Waals surface area contributed by atoms with E-state index in [2.05, 4.69) is 15.5 Å². The highest BCUT2D eigenvalue weighted by atomic mass is 35.5. The van der Waals surface area contributed by atoms with Crippen LogP contribution in [0, 0.1) is 5.92 Å². The van der Waals surface area contributed by atoms with Gasteiger partial charge in [0.1, 0.15) is 5.02 Å². The SMILES string of the molecule is O=c1[nH]ncc(NCC2CC(O)C2)c1Cl. The summed E-state index contributed by atoms with van der Waals surface area (Å²) in [5.41, 5.74) is 0.150. The van der Waals surface area contributed by atoms with Gasteiger partial charge in [-0.2, -0.15) is 5.10 Å². The largest absolute Gasteiger partial charge is 0.393 e. The third-order valence-electron chi connectivity index (χ3n) is 2.59. The van der Waals surface area contributed by atoms with E-state index in [4.69, 9.17) is 16.7 Å². The van der Waals surface area contributed by atoms with Crippen LogP contribution in [0.3, 0.4) is 0 Å². The van der Waals surface area contributed by atoms with Crippen LogP contribution in [0.5, 0.6) is 0 Å². The van der Waals surface area contributed by atoms with Gasteiger partial charge >= 0.3 is 0 Å². The van der Waals surface area contributed by atoms with Crippen LogP contribution in [0.4, 0.5) is 5.69 Å². The predicted octanol–water partition coefficient (Wildman–Crippen LogP) is 0.606. The second kappa shape index (κ2) is 4.20. The maximum Gasteiger partial charge on any atom is 0.285 e. The summed E-state index contributed by atoms with van der Waals surface area (Å²) in [6.45, 7) is 0.710. The van der Waals surface area contributed by atoms with Crippen molar-refractivity contribution in [3.05, 3.63) is 21.6 Å². The van der Waals surface area contributed by atoms with Crippen molar-refractivity contribution in [3.8, 4) is 0 Å². The van der Waals surface area contributed by atoms with E-state index in [1.807, 2.05) is 0 Å². The van der Waals surface area contributed by atoms with E-state index in [-0.39, 0.29) is 11.1 Å². The summed E-state index contributed by atoms with van der Waals surface area (Å²) in [4.78, 5) is 11.1. The van der Waals surface area contributed by atoms with E-state index in [1.54, 1.807) is 0 Å². The standard InChI is InChI=1S/C9H12ClN3O2/c10-8-7(4-12-13-9(8)15)11-3-5-1-6(14)2-5/h4-6,14H,1-3H2,(H2,11,13,15). The molecule has 3 N–H and O–H groups in total. The maximum absolute atomic E-state index is 11.1. The van der Waals surface area contributed by atoms with Gasteiger partial charge in [0.15, 0.2) is 0 Å². The molecule has 0 amide bonds. The normalized spacial score (nSPS) is 24.7. The van der Waals surface area contributed by atoms with E-state index in [0.29, 0.717) is 18.2 Å². The summed E-state index contributed by atoms with van der Waals surface area (Å²) in [5.74, 6) is 0.454. The van der Waals surface area contributed by atoms with Crippen molar-refractivity contribution in [1.29, 1.82) is 0 Å². The molecular formula is C9H12ClN3O2. The second-order valence-electron chi connectivity index (χ2n) is 3.80. The monoisotopic (exact) mass is 229 g/mol. The van der Waals surface area contributed by atoms with Gasteiger partial charge in [-0.3, -0.25) is 4.79 Å². The molecule has 1 aromatic rings. The third kappa shape index (κ3) is 2.30. The highest BCUT2D eigenvalue weighted by Gasteiger charge is 2.26. The van der Waals surface area contributed by atoms with Gasteiger partial charge in [-0.15, -0.1) is 0 Å². The molecule has 0 spiro atoms. The Balaban J connectivity index is 1.93. The number of hydrogen-bond donors (Lipinski definition) is 3. The zero-order chi connectivity index (χ0) is 10.8. The van der Waals surface area contributed by atoms with E-state index >= 15 is 0 Å². The van der Waals surface area contributed by atoms with Gasteiger partial charge < -0.3 is 10.4 Å². The Morgan fingerprint density at radius 2 is 2.40 bits per heavy atom. The van der Waals surface area contributed by atoms with Crippen LogP contribution in [0.2, 0.25) is 5.02 Å². The molecule has 1 aromatic heterocycles. The predicted molar refractivity (Wildman–Crippen MR) is 57.1 cm³/mol. The average Bonchev–Trinajstić information content (AvgIpc) is 2.17. The molecule has 0 atom stereocenters. The van der Waals surface area contributed by atoms with Crippen molar-refractivity contribution >= 4 is 17.3 Å². The molecule has 1 aliphatic rings. The molecule has 5 nitrogen and oxygen atoms in total. The van der Waals surface area contributed by atoms with Gasteiger partial charge in [-0.25, -0.2) is 5.10 Å². The van der Waals surface area contributed by atoms with Crippen molar-refractivity contribution < 1.29 is 5.11 Å². The molecule has 1 aliphatic carbocycles. The van der Waals surface area contributed by atoms with Crippen LogP contribution < -0.4 is 10.9 Å². The maximum atomic E-state index is 11.1. The molecule has 0 aliphatic heterocycles. The lowest BCUT2D eigenvalue weighted by Gasteiger charge is -2.31. The number of rotatable bonds is 3. The Labute approximate surface area is 91.5 Å². The Morgan fingerprint density at radius 1 is 1.67 bits per heavy atom. The number of halogens is 1. The van der Waals surface area contributed by atoms with E-state index < -0.39 is 5.56 Å². The topological polar surface area (TPSA) is 78.0 Å². The molecule has 15 heavy (non-hydrogen) atoms. The highest BCUT2D eigenvalue weighted by Crippen LogP contribution is 2.27. The molecule has 0 aromatic carbocycles. The number of aliphatic hydroxyl groups excluding tert-OH is 1. The summed E-state index contributed by atoms with van der Waals surface area (Å²) >= 11 is 5.77. The number of anilines is 1. The number of H-pyrrole nitrogens is 1. The molecule has 6 heteroatoms. The molecule has 0 unspecified atom stereocenters. The number of aromatic nitrogens is 2. The Bertz CT molecular complexity index is 401. The minimum atomic E-state index is -0.393. The molecule has 2 rings (SSSR count). The van der Waals surface area contributed by atoms with Crippen molar-refractivity contribution in [3.63, 3.8) is 0 Å². The van der Waals surface area contributed by atoms with Gasteiger partial charge in [0.2, 0.25) is 0 Å². The molecule has 82 valence electrons. The molecule has 0 bridgehead atoms. The van der Waals surface area contributed by atoms with Gasteiger partial charge in [0.25, 0.3) is 5.56 Å². The lowest BCUT2D eigenvalue weighted by molar-refractivity contribution is 0.0487. The third-order valence-corrected chi connectivity index (χ3v) is 2.96. The van der Waals surface area contributed by atoms with Crippen molar-refractivity contribution in [1.82, 2.24) is 10.2 Å². The van der Waals surface area contributed by atoms with E-state index in [0.717, 1.165) is 12.8 Å². The number of aliphatic hydroxyl groups is 1. The lowest BCUT2D eigenvalue weighted by Crippen LogP contribution is -2.33. The molecular weight excluding hydrogens is 218 g/mol. The van der Waals surface area contributed by atoms with Crippen LogP contribution in [-0.2, 0) is 0 Å². The Hall–Kier alpha value is -1.07. The number of aromatic amines is 1. The first-order valence-corrected chi connectivity index (χ1v) is 5.19. The van der Waals surface area contributed by atoms with Gasteiger partial charge in [-0.1, -0.05) is 11.6 Å². The first-order valence-electron chi connectivity index (χ1n) is 4.82. The summed E-state index contributed by atoms with van der Waals surface area (Å²) < 4.78 is 0. The number of nitrogens with zero attached hydrogens (tertiary/aromatic N) is 1. The molecule has 1 heterocycles. The number of hydrogen-bond acceptors (Lipinski definition) is 4. The van der Waals surface area contributed by atoms with E-state index in [1.165, 1.54) is 6.20 Å². The Kier molecular flexibility index (Phi) is 2.93. The molecule has 1 saturated carbocycles. The van der Waals surface area contributed by atoms with Gasteiger partial charge in [0.05, 0.1) is 18.0 Å². The minimum Gasteiger partial charge on any atom is -0.393 e. The first-order chi connectivity index (χ1) is 7.16. The molecule has 1 fully saturated rings. The Morgan fingerprint density at radius 3 is 3.07 bits per heavy atom. The smallest absolute Gasteiger partial charge is 0.285 e. The van der Waals surface area contributed by atoms with Crippen LogP contribution >= 0.6 is 11.6 Å². The van der Waals surface area contributed by atoms with Crippen LogP contribution in [0.1, 0.15) is 12.8 Å². The van der Waals surface area contributed by atoms with E-state index in [9.17, 15) is 4.79 Å². The second-order valence-corrected chi connectivity index (χ2v) is 4.18. The highest BCUT2D eigenvalue weighted by molar-refractivity contribution is 6.32. The minimum absolute atomic E-state index is 0.130. The van der Waals surface area contributed by atoms with Crippen molar-refractivity contribution in [2.75, 3.05) is 11.9 Å². The molecule has 0 saturated heterocycles. The first kappa shape index (κ1) is 10.4. The van der Waals surface area contributed by atoms with Crippen molar-refractivity contribution in [2.24, 2.45) is 5.92 Å². The fourth-order valence-electron chi connectivity index (χ4n) is 1.63. The number of nitrogens with one attached hydrogen (secondary N) is 2. The van der Waals surface area contributed by atoms with Gasteiger partial charge in [0, 0.05) is 6.54 Å². The zero-order valence-electron chi connectivity index (χ0n) is 8.03.